The summed E-state index contributed by atoms with van der Waals surface area (Å²) in [5.74, 6) is 1.78. The van der Waals surface area contributed by atoms with Crippen molar-refractivity contribution in [1.82, 2.24) is 0 Å². The Hall–Kier alpha value is -2.69. The monoisotopic (exact) mass is 299 g/mol. The quantitative estimate of drug-likeness (QED) is 0.697. The van der Waals surface area contributed by atoms with E-state index in [-0.39, 0.29) is 6.10 Å². The van der Waals surface area contributed by atoms with E-state index in [9.17, 15) is 5.21 Å². The van der Waals surface area contributed by atoms with E-state index in [4.69, 9.17) is 14.2 Å². The Kier molecular flexibility index (Phi) is 3.87. The van der Waals surface area contributed by atoms with Crippen LogP contribution in [0.1, 0.15) is 23.7 Å². The molecule has 1 unspecified atom stereocenters. The van der Waals surface area contributed by atoms with Crippen molar-refractivity contribution in [2.45, 2.75) is 12.5 Å². The molecule has 5 nitrogen and oxygen atoms in total. The van der Waals surface area contributed by atoms with Gasteiger partial charge in [-0.1, -0.05) is 35.5 Å². The number of hydrogen-bond acceptors (Lipinski definition) is 5. The van der Waals surface area contributed by atoms with Gasteiger partial charge in [-0.2, -0.15) is 0 Å². The summed E-state index contributed by atoms with van der Waals surface area (Å²) in [5, 5.41) is 12.8. The van der Waals surface area contributed by atoms with Crippen LogP contribution in [0.5, 0.6) is 17.2 Å². The zero-order valence-corrected chi connectivity index (χ0v) is 12.4. The fourth-order valence-corrected chi connectivity index (χ4v) is 2.64. The van der Waals surface area contributed by atoms with E-state index in [1.165, 1.54) is 0 Å². The van der Waals surface area contributed by atoms with Crippen LogP contribution >= 0.6 is 0 Å². The Morgan fingerprint density at radius 1 is 1.14 bits per heavy atom. The molecule has 22 heavy (non-hydrogen) atoms. The molecule has 0 spiro atoms. The van der Waals surface area contributed by atoms with E-state index in [2.05, 4.69) is 5.16 Å². The molecule has 0 bridgehead atoms. The first-order valence-corrected chi connectivity index (χ1v) is 6.95. The maximum Gasteiger partial charge on any atom is 0.136 e. The minimum atomic E-state index is -0.212. The molecule has 1 N–H and O–H groups in total. The lowest BCUT2D eigenvalue weighted by molar-refractivity contribution is 0.200. The summed E-state index contributed by atoms with van der Waals surface area (Å²) in [6.45, 7) is 0. The van der Waals surface area contributed by atoms with Crippen molar-refractivity contribution in [3.63, 3.8) is 0 Å². The Morgan fingerprint density at radius 3 is 2.55 bits per heavy atom. The predicted molar refractivity (Wildman–Crippen MR) is 82.3 cm³/mol. The Balaban J connectivity index is 2.08. The van der Waals surface area contributed by atoms with Gasteiger partial charge in [0.15, 0.2) is 0 Å². The Labute approximate surface area is 128 Å². The predicted octanol–water partition coefficient (Wildman–Crippen LogP) is 3.41. The molecule has 0 amide bonds. The number of hydrogen-bond donors (Lipinski definition) is 1. The molecule has 0 fully saturated rings. The average Bonchev–Trinajstić information content (AvgIpc) is 2.60. The first-order valence-electron chi connectivity index (χ1n) is 6.95. The van der Waals surface area contributed by atoms with Crippen molar-refractivity contribution in [2.24, 2.45) is 5.16 Å². The van der Waals surface area contributed by atoms with E-state index in [0.717, 1.165) is 5.56 Å². The molecular weight excluding hydrogens is 282 g/mol. The second-order valence-electron chi connectivity index (χ2n) is 4.97. The van der Waals surface area contributed by atoms with Crippen LogP contribution in [-0.2, 0) is 0 Å². The number of methoxy groups -OCH3 is 2. The molecule has 0 radical (unpaired) electrons. The van der Waals surface area contributed by atoms with Gasteiger partial charge >= 0.3 is 0 Å². The molecule has 114 valence electrons. The maximum atomic E-state index is 9.39. The molecular formula is C17H17NO4. The first-order chi connectivity index (χ1) is 10.8. The Bertz CT molecular complexity index is 697. The third-order valence-corrected chi connectivity index (χ3v) is 3.72. The Morgan fingerprint density at radius 2 is 1.91 bits per heavy atom. The van der Waals surface area contributed by atoms with Crippen molar-refractivity contribution in [2.75, 3.05) is 14.2 Å². The molecule has 1 aliphatic rings. The lowest BCUT2D eigenvalue weighted by atomic mass is 9.95. The number of ether oxygens (including phenoxy) is 3. The molecule has 0 aliphatic carbocycles. The van der Waals surface area contributed by atoms with E-state index in [1.807, 2.05) is 30.3 Å². The van der Waals surface area contributed by atoms with Crippen LogP contribution < -0.4 is 14.2 Å². The van der Waals surface area contributed by atoms with Gasteiger partial charge in [0.2, 0.25) is 0 Å². The summed E-state index contributed by atoms with van der Waals surface area (Å²) in [6.07, 6.45) is 0.257. The van der Waals surface area contributed by atoms with E-state index >= 15 is 0 Å². The first kappa shape index (κ1) is 14.3. The largest absolute Gasteiger partial charge is 0.496 e. The minimum Gasteiger partial charge on any atom is -0.496 e. The SMILES string of the molecule is COc1cc(OC)c2c(c1)OC(c1ccccc1)CC2=NO. The minimum absolute atomic E-state index is 0.212. The summed E-state index contributed by atoms with van der Waals surface area (Å²) in [4.78, 5) is 0. The summed E-state index contributed by atoms with van der Waals surface area (Å²) in [6, 6.07) is 13.4. The smallest absolute Gasteiger partial charge is 0.136 e. The zero-order valence-electron chi connectivity index (χ0n) is 12.4. The molecule has 1 heterocycles. The summed E-state index contributed by atoms with van der Waals surface area (Å²) < 4.78 is 16.7. The molecule has 1 atom stereocenters. The molecule has 0 saturated heterocycles. The van der Waals surface area contributed by atoms with Crippen molar-refractivity contribution < 1.29 is 19.4 Å². The lowest BCUT2D eigenvalue weighted by Gasteiger charge is -2.28. The van der Waals surface area contributed by atoms with Crippen molar-refractivity contribution in [1.29, 1.82) is 0 Å². The van der Waals surface area contributed by atoms with Gasteiger partial charge in [0.05, 0.1) is 25.5 Å². The summed E-state index contributed by atoms with van der Waals surface area (Å²) >= 11 is 0. The van der Waals surface area contributed by atoms with Crippen molar-refractivity contribution >= 4 is 5.71 Å². The van der Waals surface area contributed by atoms with Gasteiger partial charge in [-0.05, 0) is 5.56 Å². The summed E-state index contributed by atoms with van der Waals surface area (Å²) in [5.41, 5.74) is 2.23. The van der Waals surface area contributed by atoms with E-state index < -0.39 is 0 Å². The average molecular weight is 299 g/mol. The van der Waals surface area contributed by atoms with Crippen LogP contribution in [0, 0.1) is 0 Å². The molecule has 2 aromatic carbocycles. The fraction of sp³-hybridized carbons (Fsp3) is 0.235. The third kappa shape index (κ3) is 2.45. The molecule has 3 rings (SSSR count). The van der Waals surface area contributed by atoms with Gasteiger partial charge in [0.1, 0.15) is 23.4 Å². The van der Waals surface area contributed by atoms with Gasteiger partial charge in [-0.15, -0.1) is 0 Å². The van der Waals surface area contributed by atoms with Gasteiger partial charge in [0, 0.05) is 18.6 Å². The summed E-state index contributed by atoms with van der Waals surface area (Å²) in [7, 11) is 3.15. The molecule has 0 saturated carbocycles. The second kappa shape index (κ2) is 5.97. The van der Waals surface area contributed by atoms with Crippen LogP contribution in [0.25, 0.3) is 0 Å². The van der Waals surface area contributed by atoms with E-state index in [0.29, 0.717) is 34.9 Å². The highest BCUT2D eigenvalue weighted by atomic mass is 16.5. The molecule has 2 aromatic rings. The maximum absolute atomic E-state index is 9.39. The number of fused-ring (bicyclic) bond motifs is 1. The third-order valence-electron chi connectivity index (χ3n) is 3.72. The van der Waals surface area contributed by atoms with Crippen LogP contribution in [0.4, 0.5) is 0 Å². The highest BCUT2D eigenvalue weighted by molar-refractivity contribution is 6.06. The fourth-order valence-electron chi connectivity index (χ4n) is 2.64. The lowest BCUT2D eigenvalue weighted by Crippen LogP contribution is -2.22. The van der Waals surface area contributed by atoms with Gasteiger partial charge in [-0.3, -0.25) is 0 Å². The van der Waals surface area contributed by atoms with Crippen LogP contribution in [0.3, 0.4) is 0 Å². The normalized spacial score (nSPS) is 18.5. The second-order valence-corrected chi connectivity index (χ2v) is 4.97. The molecule has 5 heteroatoms. The van der Waals surface area contributed by atoms with Crippen molar-refractivity contribution in [3.05, 3.63) is 53.6 Å². The topological polar surface area (TPSA) is 60.3 Å². The molecule has 0 aromatic heterocycles. The van der Waals surface area contributed by atoms with E-state index in [1.54, 1.807) is 26.4 Å². The van der Waals surface area contributed by atoms with Crippen LogP contribution in [0.2, 0.25) is 0 Å². The highest BCUT2D eigenvalue weighted by Gasteiger charge is 2.30. The standard InChI is InChI=1S/C17H17NO4/c1-20-12-8-15(21-2)17-13(18-19)10-14(22-16(17)9-12)11-6-4-3-5-7-11/h3-9,14,19H,10H2,1-2H3. The molecule has 1 aliphatic heterocycles. The van der Waals surface area contributed by atoms with Crippen LogP contribution in [0.15, 0.2) is 47.6 Å². The van der Waals surface area contributed by atoms with Gasteiger partial charge in [-0.25, -0.2) is 0 Å². The zero-order chi connectivity index (χ0) is 15.5. The number of rotatable bonds is 3. The number of oxime groups is 1. The van der Waals surface area contributed by atoms with Crippen molar-refractivity contribution in [3.8, 4) is 17.2 Å². The number of benzene rings is 2. The number of nitrogens with zero attached hydrogens (tertiary/aromatic N) is 1. The highest BCUT2D eigenvalue weighted by Crippen LogP contribution is 2.42. The van der Waals surface area contributed by atoms with Crippen LogP contribution in [-0.4, -0.2) is 25.1 Å². The van der Waals surface area contributed by atoms with Gasteiger partial charge < -0.3 is 19.4 Å². The van der Waals surface area contributed by atoms with Gasteiger partial charge in [0.25, 0.3) is 0 Å².